The zero-order chi connectivity index (χ0) is 9.36. The second kappa shape index (κ2) is 6.87. The van der Waals surface area contributed by atoms with Gasteiger partial charge in [0.05, 0.1) is 0 Å². The lowest BCUT2D eigenvalue weighted by Gasteiger charge is -1.95. The van der Waals surface area contributed by atoms with Crippen LogP contribution in [0.1, 0.15) is 18.2 Å². The van der Waals surface area contributed by atoms with Crippen molar-refractivity contribution in [2.45, 2.75) is 19.8 Å². The zero-order valence-electron chi connectivity index (χ0n) is 8.12. The van der Waals surface area contributed by atoms with Gasteiger partial charge in [0.2, 0.25) is 0 Å². The first-order valence-electron chi connectivity index (χ1n) is 4.81. The zero-order valence-corrected chi connectivity index (χ0v) is 8.94. The van der Waals surface area contributed by atoms with Gasteiger partial charge in [-0.25, -0.2) is 0 Å². The molecular formula is C11H17NS. The summed E-state index contributed by atoms with van der Waals surface area (Å²) in [6.45, 7) is 4.30. The molecule has 0 saturated heterocycles. The second-order valence-corrected chi connectivity index (χ2v) is 3.93. The average molecular weight is 195 g/mol. The van der Waals surface area contributed by atoms with Gasteiger partial charge in [-0.05, 0) is 37.4 Å². The smallest absolute Gasteiger partial charge is 0.00828 e. The molecule has 1 nitrogen and oxygen atoms in total. The molecule has 0 unspecified atom stereocenters. The molecule has 1 heterocycles. The van der Waals surface area contributed by atoms with E-state index in [0.717, 1.165) is 25.9 Å². The molecule has 0 spiro atoms. The van der Waals surface area contributed by atoms with Crippen LogP contribution in [0.25, 0.3) is 0 Å². The maximum absolute atomic E-state index is 3.29. The summed E-state index contributed by atoms with van der Waals surface area (Å²) >= 11 is 1.82. The van der Waals surface area contributed by atoms with E-state index in [1.54, 1.807) is 0 Å². The summed E-state index contributed by atoms with van der Waals surface area (Å²) in [5.41, 5.74) is 0. The van der Waals surface area contributed by atoms with Crippen molar-refractivity contribution < 1.29 is 0 Å². The van der Waals surface area contributed by atoms with Crippen LogP contribution in [0.2, 0.25) is 0 Å². The summed E-state index contributed by atoms with van der Waals surface area (Å²) in [6, 6.07) is 4.28. The van der Waals surface area contributed by atoms with Crippen LogP contribution in [0.15, 0.2) is 29.7 Å². The third-order valence-corrected chi connectivity index (χ3v) is 2.70. The molecule has 0 saturated carbocycles. The fourth-order valence-electron chi connectivity index (χ4n) is 1.11. The lowest BCUT2D eigenvalue weighted by Crippen LogP contribution is -2.12. The van der Waals surface area contributed by atoms with E-state index < -0.39 is 0 Å². The summed E-state index contributed by atoms with van der Waals surface area (Å²) < 4.78 is 0. The predicted molar refractivity (Wildman–Crippen MR) is 60.3 cm³/mol. The molecule has 72 valence electrons. The minimum atomic E-state index is 1.07. The fourth-order valence-corrected chi connectivity index (χ4v) is 1.79. The van der Waals surface area contributed by atoms with E-state index in [1.165, 1.54) is 4.88 Å². The molecule has 1 aromatic rings. The van der Waals surface area contributed by atoms with Crippen molar-refractivity contribution in [3.05, 3.63) is 34.5 Å². The molecule has 13 heavy (non-hydrogen) atoms. The molecule has 1 N–H and O–H groups in total. The Morgan fingerprint density at radius 2 is 2.38 bits per heavy atom. The van der Waals surface area contributed by atoms with E-state index in [1.807, 2.05) is 11.3 Å². The van der Waals surface area contributed by atoms with Crippen LogP contribution < -0.4 is 5.32 Å². The molecule has 0 bridgehead atoms. The van der Waals surface area contributed by atoms with Crippen molar-refractivity contribution in [1.29, 1.82) is 0 Å². The molecule has 1 aromatic heterocycles. The van der Waals surface area contributed by atoms with E-state index in [0.29, 0.717) is 0 Å². The number of nitrogens with one attached hydrogen (secondary N) is 1. The lowest BCUT2D eigenvalue weighted by molar-refractivity contribution is 0.726. The third-order valence-electron chi connectivity index (χ3n) is 1.80. The van der Waals surface area contributed by atoms with Crippen LogP contribution in [-0.4, -0.2) is 13.1 Å². The van der Waals surface area contributed by atoms with E-state index in [4.69, 9.17) is 0 Å². The van der Waals surface area contributed by atoms with Gasteiger partial charge in [0.15, 0.2) is 0 Å². The SMILES string of the molecule is CCNCCC=CCc1cccs1. The summed E-state index contributed by atoms with van der Waals surface area (Å²) in [5.74, 6) is 0. The highest BCUT2D eigenvalue weighted by molar-refractivity contribution is 7.09. The van der Waals surface area contributed by atoms with Gasteiger partial charge >= 0.3 is 0 Å². The van der Waals surface area contributed by atoms with E-state index in [9.17, 15) is 0 Å². The lowest BCUT2D eigenvalue weighted by atomic mass is 10.3. The Morgan fingerprint density at radius 3 is 3.08 bits per heavy atom. The minimum absolute atomic E-state index is 1.07. The van der Waals surface area contributed by atoms with Crippen LogP contribution >= 0.6 is 11.3 Å². The average Bonchev–Trinajstić information content (AvgIpc) is 2.63. The molecule has 0 aliphatic carbocycles. The Kier molecular flexibility index (Phi) is 5.54. The molecule has 0 amide bonds. The van der Waals surface area contributed by atoms with E-state index in [-0.39, 0.29) is 0 Å². The molecule has 0 aromatic carbocycles. The highest BCUT2D eigenvalue weighted by Gasteiger charge is 1.87. The van der Waals surface area contributed by atoms with Gasteiger partial charge in [-0.1, -0.05) is 25.1 Å². The van der Waals surface area contributed by atoms with Crippen LogP contribution in [0.3, 0.4) is 0 Å². The van der Waals surface area contributed by atoms with Gasteiger partial charge in [0, 0.05) is 4.88 Å². The second-order valence-electron chi connectivity index (χ2n) is 2.90. The normalized spacial score (nSPS) is 11.2. The summed E-state index contributed by atoms with van der Waals surface area (Å²) in [5, 5.41) is 5.42. The van der Waals surface area contributed by atoms with Gasteiger partial charge in [-0.15, -0.1) is 11.3 Å². The maximum atomic E-state index is 3.29. The molecule has 0 atom stereocenters. The monoisotopic (exact) mass is 195 g/mol. The van der Waals surface area contributed by atoms with Crippen molar-refractivity contribution in [3.63, 3.8) is 0 Å². The van der Waals surface area contributed by atoms with Gasteiger partial charge in [-0.2, -0.15) is 0 Å². The molecule has 1 rings (SSSR count). The Hall–Kier alpha value is -0.600. The molecular weight excluding hydrogens is 178 g/mol. The highest BCUT2D eigenvalue weighted by atomic mass is 32.1. The summed E-state index contributed by atoms with van der Waals surface area (Å²) in [6.07, 6.45) is 6.73. The Bertz CT molecular complexity index is 226. The largest absolute Gasteiger partial charge is 0.317 e. The number of rotatable bonds is 6. The van der Waals surface area contributed by atoms with Crippen molar-refractivity contribution in [2.24, 2.45) is 0 Å². The van der Waals surface area contributed by atoms with E-state index in [2.05, 4.69) is 41.9 Å². The fraction of sp³-hybridized carbons (Fsp3) is 0.455. The van der Waals surface area contributed by atoms with Gasteiger partial charge in [-0.3, -0.25) is 0 Å². The van der Waals surface area contributed by atoms with Crippen LogP contribution in [-0.2, 0) is 6.42 Å². The van der Waals surface area contributed by atoms with Crippen molar-refractivity contribution in [1.82, 2.24) is 5.32 Å². The van der Waals surface area contributed by atoms with Crippen LogP contribution in [0.4, 0.5) is 0 Å². The minimum Gasteiger partial charge on any atom is -0.317 e. The molecule has 0 fully saturated rings. The topological polar surface area (TPSA) is 12.0 Å². The third kappa shape index (κ3) is 4.86. The van der Waals surface area contributed by atoms with Crippen molar-refractivity contribution in [3.8, 4) is 0 Å². The molecule has 0 aliphatic heterocycles. The van der Waals surface area contributed by atoms with Crippen molar-refractivity contribution in [2.75, 3.05) is 13.1 Å². The van der Waals surface area contributed by atoms with E-state index >= 15 is 0 Å². The van der Waals surface area contributed by atoms with Gasteiger partial charge < -0.3 is 5.32 Å². The number of allylic oxidation sites excluding steroid dienone is 1. The summed E-state index contributed by atoms with van der Waals surface area (Å²) in [4.78, 5) is 1.44. The first-order valence-corrected chi connectivity index (χ1v) is 5.69. The quantitative estimate of drug-likeness (QED) is 0.543. The standard InChI is InChI=1S/C11H17NS/c1-2-12-9-5-3-4-7-11-8-6-10-13-11/h3-4,6,8,10,12H,2,5,7,9H2,1H3. The number of thiophene rings is 1. The van der Waals surface area contributed by atoms with Crippen LogP contribution in [0.5, 0.6) is 0 Å². The predicted octanol–water partition coefficient (Wildman–Crippen LogP) is 2.85. The van der Waals surface area contributed by atoms with Crippen molar-refractivity contribution >= 4 is 11.3 Å². The Labute approximate surface area is 84.5 Å². The number of hydrogen-bond acceptors (Lipinski definition) is 2. The summed E-state index contributed by atoms with van der Waals surface area (Å²) in [7, 11) is 0. The molecule has 0 radical (unpaired) electrons. The first kappa shape index (κ1) is 10.5. The van der Waals surface area contributed by atoms with Gasteiger partial charge in [0.25, 0.3) is 0 Å². The highest BCUT2D eigenvalue weighted by Crippen LogP contribution is 2.09. The molecule has 2 heteroatoms. The van der Waals surface area contributed by atoms with Crippen LogP contribution in [0, 0.1) is 0 Å². The Morgan fingerprint density at radius 1 is 1.46 bits per heavy atom. The van der Waals surface area contributed by atoms with Gasteiger partial charge in [0.1, 0.15) is 0 Å². The maximum Gasteiger partial charge on any atom is 0.00828 e. The Balaban J connectivity index is 2.05. The molecule has 0 aliphatic rings. The number of hydrogen-bond donors (Lipinski definition) is 1. The first-order chi connectivity index (χ1) is 6.43.